The van der Waals surface area contributed by atoms with Gasteiger partial charge < -0.3 is 9.73 Å². The molecule has 0 aliphatic carbocycles. The third-order valence-electron chi connectivity index (χ3n) is 4.19. The van der Waals surface area contributed by atoms with E-state index in [-0.39, 0.29) is 11.4 Å². The molecule has 0 unspecified atom stereocenters. The van der Waals surface area contributed by atoms with Crippen LogP contribution in [0.3, 0.4) is 0 Å². The number of aromatic amines is 1. The van der Waals surface area contributed by atoms with E-state index in [9.17, 15) is 5.26 Å². The number of nitrogens with zero attached hydrogens (tertiary/aromatic N) is 5. The van der Waals surface area contributed by atoms with Crippen molar-refractivity contribution in [3.63, 3.8) is 0 Å². The van der Waals surface area contributed by atoms with Crippen molar-refractivity contribution in [3.8, 4) is 17.5 Å². The van der Waals surface area contributed by atoms with Gasteiger partial charge >= 0.3 is 0 Å². The molecular weight excluding hydrogens is 342 g/mol. The first-order valence-electron chi connectivity index (χ1n) is 8.23. The maximum absolute atomic E-state index is 9.28. The molecule has 2 N–H and O–H groups in total. The lowest BCUT2D eigenvalue weighted by atomic mass is 10.1. The van der Waals surface area contributed by atoms with Gasteiger partial charge in [-0.15, -0.1) is 10.2 Å². The quantitative estimate of drug-likeness (QED) is 0.536. The third-order valence-corrected chi connectivity index (χ3v) is 4.19. The van der Waals surface area contributed by atoms with Gasteiger partial charge in [-0.1, -0.05) is 12.1 Å². The molecule has 2 heterocycles. The maximum atomic E-state index is 9.28. The Bertz CT molecular complexity index is 1180. The van der Waals surface area contributed by atoms with Crippen molar-refractivity contribution in [2.24, 2.45) is 0 Å². The molecule has 0 amide bonds. The van der Waals surface area contributed by atoms with Crippen LogP contribution in [0.2, 0.25) is 0 Å². The molecule has 0 atom stereocenters. The summed E-state index contributed by atoms with van der Waals surface area (Å²) in [6.07, 6.45) is 1.55. The second kappa shape index (κ2) is 6.72. The summed E-state index contributed by atoms with van der Waals surface area (Å²) in [5.74, 6) is 0.785. The first-order valence-corrected chi connectivity index (χ1v) is 8.23. The van der Waals surface area contributed by atoms with E-state index < -0.39 is 0 Å². The molecule has 8 nitrogen and oxygen atoms in total. The Hall–Kier alpha value is -3.99. The lowest BCUT2D eigenvalue weighted by molar-refractivity contribution is 0.619. The van der Waals surface area contributed by atoms with Gasteiger partial charge in [0.2, 0.25) is 11.7 Å². The van der Waals surface area contributed by atoms with Gasteiger partial charge in [-0.05, 0) is 54.5 Å². The molecule has 27 heavy (non-hydrogen) atoms. The second-order valence-corrected chi connectivity index (χ2v) is 6.02. The Morgan fingerprint density at radius 1 is 1.26 bits per heavy atom. The van der Waals surface area contributed by atoms with Crippen LogP contribution in [-0.4, -0.2) is 25.6 Å². The largest absolute Gasteiger partial charge is 0.436 e. The Balaban J connectivity index is 1.69. The van der Waals surface area contributed by atoms with Crippen LogP contribution in [0.4, 0.5) is 5.69 Å². The van der Waals surface area contributed by atoms with Gasteiger partial charge in [0.25, 0.3) is 0 Å². The van der Waals surface area contributed by atoms with Crippen molar-refractivity contribution in [2.75, 3.05) is 5.32 Å². The zero-order valence-electron chi connectivity index (χ0n) is 14.7. The molecule has 0 aliphatic heterocycles. The predicted octanol–water partition coefficient (Wildman–Crippen LogP) is 3.60. The number of oxazole rings is 1. The number of allylic oxidation sites excluding steroid dienone is 1. The molecule has 4 aromatic rings. The molecule has 0 radical (unpaired) electrons. The van der Waals surface area contributed by atoms with E-state index in [1.807, 2.05) is 56.3 Å². The average molecular weight is 357 g/mol. The van der Waals surface area contributed by atoms with Gasteiger partial charge in [0.05, 0.1) is 0 Å². The van der Waals surface area contributed by atoms with E-state index in [0.717, 1.165) is 33.5 Å². The molecule has 0 aliphatic rings. The van der Waals surface area contributed by atoms with Crippen LogP contribution in [0.15, 0.2) is 47.0 Å². The standard InChI is InChI=1S/C19H15N7O/c1-11-6-7-17-16(8-11)22-19(27-17)14-4-3-5-15(12(14)2)21-10-13(9-20)18-23-25-26-24-18/h3-8,10,21H,1-2H3,(H,23,24,25,26). The number of nitriles is 1. The fourth-order valence-electron chi connectivity index (χ4n) is 2.75. The molecule has 2 aromatic heterocycles. The van der Waals surface area contributed by atoms with Crippen LogP contribution in [-0.2, 0) is 0 Å². The number of fused-ring (bicyclic) bond motifs is 1. The van der Waals surface area contributed by atoms with E-state index in [0.29, 0.717) is 5.89 Å². The van der Waals surface area contributed by atoms with Crippen LogP contribution >= 0.6 is 0 Å². The number of rotatable bonds is 4. The van der Waals surface area contributed by atoms with Gasteiger partial charge in [0.15, 0.2) is 5.58 Å². The van der Waals surface area contributed by atoms with Crippen LogP contribution in [0, 0.1) is 25.2 Å². The van der Waals surface area contributed by atoms with Gasteiger partial charge in [-0.2, -0.15) is 10.5 Å². The molecule has 0 bridgehead atoms. The van der Waals surface area contributed by atoms with Crippen LogP contribution in [0.5, 0.6) is 0 Å². The maximum Gasteiger partial charge on any atom is 0.227 e. The highest BCUT2D eigenvalue weighted by atomic mass is 16.3. The normalized spacial score (nSPS) is 11.5. The summed E-state index contributed by atoms with van der Waals surface area (Å²) in [4.78, 5) is 4.60. The minimum atomic E-state index is 0.230. The van der Waals surface area contributed by atoms with Gasteiger partial charge in [-0.25, -0.2) is 4.98 Å². The number of nitrogens with one attached hydrogen (secondary N) is 2. The van der Waals surface area contributed by atoms with Gasteiger partial charge in [-0.3, -0.25) is 0 Å². The summed E-state index contributed by atoms with van der Waals surface area (Å²) < 4.78 is 5.91. The first-order chi connectivity index (χ1) is 13.2. The van der Waals surface area contributed by atoms with E-state index in [1.165, 1.54) is 0 Å². The number of H-pyrrole nitrogens is 1. The average Bonchev–Trinajstić information content (AvgIpc) is 3.33. The van der Waals surface area contributed by atoms with E-state index in [4.69, 9.17) is 4.42 Å². The van der Waals surface area contributed by atoms with E-state index in [2.05, 4.69) is 30.9 Å². The predicted molar refractivity (Wildman–Crippen MR) is 100 cm³/mol. The molecule has 0 fully saturated rings. The van der Waals surface area contributed by atoms with Crippen LogP contribution < -0.4 is 5.32 Å². The van der Waals surface area contributed by atoms with Crippen molar-refractivity contribution in [1.82, 2.24) is 25.6 Å². The summed E-state index contributed by atoms with van der Waals surface area (Å²) in [7, 11) is 0. The number of aromatic nitrogens is 5. The highest BCUT2D eigenvalue weighted by molar-refractivity contribution is 5.80. The molecule has 4 rings (SSSR count). The fourth-order valence-corrected chi connectivity index (χ4v) is 2.75. The molecular formula is C19H15N7O. The minimum Gasteiger partial charge on any atom is -0.436 e. The van der Waals surface area contributed by atoms with Crippen LogP contribution in [0.1, 0.15) is 17.0 Å². The molecule has 0 saturated carbocycles. The number of benzene rings is 2. The summed E-state index contributed by atoms with van der Waals surface area (Å²) in [6, 6.07) is 13.7. The molecule has 132 valence electrons. The van der Waals surface area contributed by atoms with Crippen molar-refractivity contribution >= 4 is 22.4 Å². The minimum absolute atomic E-state index is 0.230. The Morgan fingerprint density at radius 3 is 2.93 bits per heavy atom. The zero-order valence-corrected chi connectivity index (χ0v) is 14.7. The number of hydrogen-bond donors (Lipinski definition) is 2. The fraction of sp³-hybridized carbons (Fsp3) is 0.105. The second-order valence-electron chi connectivity index (χ2n) is 6.02. The Kier molecular flexibility index (Phi) is 4.10. The topological polar surface area (TPSA) is 116 Å². The van der Waals surface area contributed by atoms with Crippen molar-refractivity contribution in [2.45, 2.75) is 13.8 Å². The van der Waals surface area contributed by atoms with E-state index >= 15 is 0 Å². The zero-order chi connectivity index (χ0) is 18.8. The Labute approximate surface area is 154 Å². The summed E-state index contributed by atoms with van der Waals surface area (Å²) in [5, 5.41) is 25.8. The first kappa shape index (κ1) is 16.5. The van der Waals surface area contributed by atoms with Crippen LogP contribution in [0.25, 0.3) is 28.1 Å². The smallest absolute Gasteiger partial charge is 0.227 e. The Morgan fingerprint density at radius 2 is 2.15 bits per heavy atom. The SMILES string of the molecule is Cc1ccc2oc(-c3cccc(NC=C(C#N)c4nn[nH]n4)c3C)nc2c1. The molecule has 0 spiro atoms. The molecule has 2 aromatic carbocycles. The third kappa shape index (κ3) is 3.14. The highest BCUT2D eigenvalue weighted by Crippen LogP contribution is 2.31. The lowest BCUT2D eigenvalue weighted by Gasteiger charge is -2.09. The van der Waals surface area contributed by atoms with Gasteiger partial charge in [0.1, 0.15) is 17.2 Å². The monoisotopic (exact) mass is 357 g/mol. The molecule has 8 heteroatoms. The number of anilines is 1. The van der Waals surface area contributed by atoms with E-state index in [1.54, 1.807) is 6.20 Å². The number of hydrogen-bond acceptors (Lipinski definition) is 7. The number of tetrazole rings is 1. The van der Waals surface area contributed by atoms with Crippen molar-refractivity contribution in [1.29, 1.82) is 5.26 Å². The van der Waals surface area contributed by atoms with Crippen molar-refractivity contribution < 1.29 is 4.42 Å². The summed E-state index contributed by atoms with van der Waals surface area (Å²) >= 11 is 0. The molecule has 0 saturated heterocycles. The van der Waals surface area contributed by atoms with Gasteiger partial charge in [0, 0.05) is 17.5 Å². The number of aryl methyl sites for hydroxylation is 1. The van der Waals surface area contributed by atoms with Crippen molar-refractivity contribution in [3.05, 3.63) is 59.5 Å². The highest BCUT2D eigenvalue weighted by Gasteiger charge is 2.13. The summed E-state index contributed by atoms with van der Waals surface area (Å²) in [5.41, 5.74) is 5.62. The lowest BCUT2D eigenvalue weighted by Crippen LogP contribution is -1.96. The summed E-state index contributed by atoms with van der Waals surface area (Å²) in [6.45, 7) is 3.98.